The van der Waals surface area contributed by atoms with E-state index in [0.717, 1.165) is 30.2 Å². The number of rotatable bonds is 3. The number of amides is 1. The summed E-state index contributed by atoms with van der Waals surface area (Å²) in [7, 11) is -3.37. The first kappa shape index (κ1) is 12.8. The fraction of sp³-hybridized carbons (Fsp3) is 0.909. The lowest BCUT2D eigenvalue weighted by Gasteiger charge is -2.18. The molecule has 0 aliphatic carbocycles. The second kappa shape index (κ2) is 4.24. The van der Waals surface area contributed by atoms with Crippen LogP contribution in [0.15, 0.2) is 0 Å². The van der Waals surface area contributed by atoms with Crippen molar-refractivity contribution in [3.05, 3.63) is 0 Å². The van der Waals surface area contributed by atoms with Gasteiger partial charge in [0.05, 0.1) is 11.2 Å². The number of nitrogens with zero attached hydrogens (tertiary/aromatic N) is 1. The van der Waals surface area contributed by atoms with E-state index in [4.69, 9.17) is 0 Å². The van der Waals surface area contributed by atoms with Crippen LogP contribution in [0, 0.1) is 11.3 Å². The van der Waals surface area contributed by atoms with Crippen molar-refractivity contribution in [3.63, 3.8) is 0 Å². The third-order valence-electron chi connectivity index (χ3n) is 3.59. The van der Waals surface area contributed by atoms with Gasteiger partial charge in [0.15, 0.2) is 0 Å². The van der Waals surface area contributed by atoms with E-state index in [1.807, 2.05) is 0 Å². The summed E-state index contributed by atoms with van der Waals surface area (Å²) < 4.78 is 24.9. The molecule has 2 rings (SSSR count). The minimum atomic E-state index is -3.37. The summed E-state index contributed by atoms with van der Waals surface area (Å²) in [5, 5.41) is 3.24. The smallest absolute Gasteiger partial charge is 0.242 e. The predicted octanol–water partition coefficient (Wildman–Crippen LogP) is 0.184. The van der Waals surface area contributed by atoms with Gasteiger partial charge in [-0.1, -0.05) is 0 Å². The average molecular weight is 260 g/mol. The van der Waals surface area contributed by atoms with Crippen molar-refractivity contribution in [2.45, 2.75) is 26.7 Å². The summed E-state index contributed by atoms with van der Waals surface area (Å²) in [5.74, 6) is 0.201. The molecule has 1 unspecified atom stereocenters. The summed E-state index contributed by atoms with van der Waals surface area (Å²) in [4.78, 5) is 12.0. The Hall–Kier alpha value is -0.620. The summed E-state index contributed by atoms with van der Waals surface area (Å²) in [6.45, 7) is 5.67. The van der Waals surface area contributed by atoms with Gasteiger partial charge in [-0.05, 0) is 45.7 Å². The highest BCUT2D eigenvalue weighted by atomic mass is 32.2. The highest BCUT2D eigenvalue weighted by Gasteiger charge is 2.48. The molecule has 6 heteroatoms. The van der Waals surface area contributed by atoms with E-state index in [1.54, 1.807) is 13.8 Å². The lowest BCUT2D eigenvalue weighted by Crippen LogP contribution is -2.34. The van der Waals surface area contributed by atoms with Crippen molar-refractivity contribution < 1.29 is 13.2 Å². The van der Waals surface area contributed by atoms with Crippen molar-refractivity contribution in [1.29, 1.82) is 0 Å². The lowest BCUT2D eigenvalue weighted by atomic mass is 9.95. The maximum Gasteiger partial charge on any atom is 0.242 e. The minimum Gasteiger partial charge on any atom is -0.316 e. The fourth-order valence-corrected chi connectivity index (χ4v) is 4.64. The molecule has 98 valence electrons. The molecule has 1 amide bonds. The fourth-order valence-electron chi connectivity index (χ4n) is 2.56. The molecule has 0 radical (unpaired) electrons. The Bertz CT molecular complexity index is 410. The Morgan fingerprint density at radius 1 is 1.47 bits per heavy atom. The lowest BCUT2D eigenvalue weighted by molar-refractivity contribution is -0.132. The van der Waals surface area contributed by atoms with Crippen LogP contribution in [0.25, 0.3) is 0 Å². The number of carbonyl (C=O) groups excluding carboxylic acids is 1. The Morgan fingerprint density at radius 2 is 2.18 bits per heavy atom. The van der Waals surface area contributed by atoms with Crippen LogP contribution in [0.1, 0.15) is 26.7 Å². The van der Waals surface area contributed by atoms with E-state index in [-0.39, 0.29) is 11.7 Å². The zero-order valence-corrected chi connectivity index (χ0v) is 11.2. The Kier molecular flexibility index (Phi) is 3.20. The van der Waals surface area contributed by atoms with Crippen LogP contribution in [0.4, 0.5) is 0 Å². The zero-order chi connectivity index (χ0) is 12.7. The molecule has 0 bridgehead atoms. The van der Waals surface area contributed by atoms with Gasteiger partial charge in [-0.25, -0.2) is 12.7 Å². The zero-order valence-electron chi connectivity index (χ0n) is 10.4. The molecule has 0 aromatic heterocycles. The van der Waals surface area contributed by atoms with E-state index in [1.165, 1.54) is 0 Å². The first-order valence-corrected chi connectivity index (χ1v) is 7.69. The quantitative estimate of drug-likeness (QED) is 0.786. The van der Waals surface area contributed by atoms with Gasteiger partial charge in [-0.2, -0.15) is 0 Å². The van der Waals surface area contributed by atoms with Crippen LogP contribution in [0.2, 0.25) is 0 Å². The summed E-state index contributed by atoms with van der Waals surface area (Å²) in [5.41, 5.74) is -0.757. The standard InChI is InChI=1S/C11H20N2O3S/c1-11(2)8-17(15,16)13(10(11)14)6-4-9-3-5-12-7-9/h9,12H,3-8H2,1-2H3. The Balaban J connectivity index is 2.02. The molecule has 5 nitrogen and oxygen atoms in total. The van der Waals surface area contributed by atoms with Crippen molar-refractivity contribution >= 4 is 15.9 Å². The summed E-state index contributed by atoms with van der Waals surface area (Å²) >= 11 is 0. The largest absolute Gasteiger partial charge is 0.316 e. The van der Waals surface area contributed by atoms with Gasteiger partial charge < -0.3 is 5.32 Å². The number of nitrogens with one attached hydrogen (secondary N) is 1. The molecule has 0 spiro atoms. The van der Waals surface area contributed by atoms with Crippen LogP contribution in [0.5, 0.6) is 0 Å². The Labute approximate surface area is 103 Å². The van der Waals surface area contributed by atoms with Gasteiger partial charge >= 0.3 is 0 Å². The van der Waals surface area contributed by atoms with Gasteiger partial charge in [0.1, 0.15) is 0 Å². The first-order valence-electron chi connectivity index (χ1n) is 6.08. The molecule has 0 saturated carbocycles. The molecular formula is C11H20N2O3S. The molecule has 2 heterocycles. The third-order valence-corrected chi connectivity index (χ3v) is 5.69. The van der Waals surface area contributed by atoms with Gasteiger partial charge in [0.25, 0.3) is 0 Å². The highest BCUT2D eigenvalue weighted by molar-refractivity contribution is 7.90. The number of hydrogen-bond donors (Lipinski definition) is 1. The van der Waals surface area contributed by atoms with Gasteiger partial charge in [-0.3, -0.25) is 4.79 Å². The molecule has 1 N–H and O–H groups in total. The average Bonchev–Trinajstić information content (AvgIpc) is 2.72. The number of sulfonamides is 1. The molecule has 2 aliphatic heterocycles. The van der Waals surface area contributed by atoms with Crippen LogP contribution in [0.3, 0.4) is 0 Å². The van der Waals surface area contributed by atoms with E-state index < -0.39 is 15.4 Å². The third kappa shape index (κ3) is 2.47. The topological polar surface area (TPSA) is 66.5 Å². The van der Waals surface area contributed by atoms with Crippen molar-refractivity contribution in [2.75, 3.05) is 25.4 Å². The number of hydrogen-bond acceptors (Lipinski definition) is 4. The molecule has 2 saturated heterocycles. The van der Waals surface area contributed by atoms with Crippen molar-refractivity contribution in [3.8, 4) is 0 Å². The van der Waals surface area contributed by atoms with Crippen molar-refractivity contribution in [2.24, 2.45) is 11.3 Å². The SMILES string of the molecule is CC1(C)CS(=O)(=O)N(CCC2CCNC2)C1=O. The van der Waals surface area contributed by atoms with Crippen LogP contribution in [-0.4, -0.2) is 44.0 Å². The van der Waals surface area contributed by atoms with Crippen LogP contribution < -0.4 is 5.32 Å². The van der Waals surface area contributed by atoms with Crippen LogP contribution in [-0.2, 0) is 14.8 Å². The summed E-state index contributed by atoms with van der Waals surface area (Å²) in [6, 6.07) is 0. The molecular weight excluding hydrogens is 240 g/mol. The minimum absolute atomic E-state index is 0.0538. The maximum atomic E-state index is 12.0. The Morgan fingerprint density at radius 3 is 2.65 bits per heavy atom. The summed E-state index contributed by atoms with van der Waals surface area (Å²) in [6.07, 6.45) is 1.85. The van der Waals surface area contributed by atoms with E-state index in [0.29, 0.717) is 12.5 Å². The highest BCUT2D eigenvalue weighted by Crippen LogP contribution is 2.32. The van der Waals surface area contributed by atoms with E-state index >= 15 is 0 Å². The monoisotopic (exact) mass is 260 g/mol. The molecule has 2 fully saturated rings. The van der Waals surface area contributed by atoms with E-state index in [2.05, 4.69) is 5.32 Å². The second-order valence-electron chi connectivity index (χ2n) is 5.66. The molecule has 0 aromatic carbocycles. The normalized spacial score (nSPS) is 31.1. The second-order valence-corrected chi connectivity index (χ2v) is 7.56. The predicted molar refractivity (Wildman–Crippen MR) is 64.9 cm³/mol. The number of carbonyl (C=O) groups is 1. The van der Waals surface area contributed by atoms with E-state index in [9.17, 15) is 13.2 Å². The molecule has 1 atom stereocenters. The van der Waals surface area contributed by atoms with Gasteiger partial charge in [-0.15, -0.1) is 0 Å². The maximum absolute atomic E-state index is 12.0. The van der Waals surface area contributed by atoms with Gasteiger partial charge in [0, 0.05) is 6.54 Å². The molecule has 17 heavy (non-hydrogen) atoms. The molecule has 2 aliphatic rings. The molecule has 0 aromatic rings. The van der Waals surface area contributed by atoms with Crippen molar-refractivity contribution in [1.82, 2.24) is 9.62 Å². The van der Waals surface area contributed by atoms with Crippen LogP contribution >= 0.6 is 0 Å². The van der Waals surface area contributed by atoms with Gasteiger partial charge in [0.2, 0.25) is 15.9 Å². The first-order chi connectivity index (χ1) is 7.83.